The highest BCUT2D eigenvalue weighted by molar-refractivity contribution is 7.85. The van der Waals surface area contributed by atoms with Crippen molar-refractivity contribution in [2.45, 2.75) is 19.9 Å². The molecule has 0 spiro atoms. The fourth-order valence-electron chi connectivity index (χ4n) is 4.26. The van der Waals surface area contributed by atoms with Crippen LogP contribution in [0.1, 0.15) is 11.3 Å². The predicted octanol–water partition coefficient (Wildman–Crippen LogP) is 2.99. The van der Waals surface area contributed by atoms with E-state index in [4.69, 9.17) is 5.73 Å². The van der Waals surface area contributed by atoms with E-state index in [2.05, 4.69) is 25.1 Å². The average Bonchev–Trinajstić information content (AvgIpc) is 3.15. The van der Waals surface area contributed by atoms with Crippen LogP contribution in [0.2, 0.25) is 0 Å². The van der Waals surface area contributed by atoms with Gasteiger partial charge in [0.1, 0.15) is 23.3 Å². The van der Waals surface area contributed by atoms with Gasteiger partial charge < -0.3 is 20.7 Å². The van der Waals surface area contributed by atoms with E-state index >= 15 is 4.39 Å². The van der Waals surface area contributed by atoms with Crippen LogP contribution in [0.25, 0.3) is 21.9 Å². The SMILES string of the molecule is Cc1c(NS(C)=O)cncc1-c1cc2cc(Nc3cc4n(n3)CC(=O)N(C)CC4)ncc2c(N)c1F. The van der Waals surface area contributed by atoms with Crippen molar-refractivity contribution in [2.24, 2.45) is 0 Å². The predicted molar refractivity (Wildman–Crippen MR) is 139 cm³/mol. The summed E-state index contributed by atoms with van der Waals surface area (Å²) in [5.74, 6) is 0.502. The Morgan fingerprint density at radius 3 is 2.72 bits per heavy atom. The Morgan fingerprint density at radius 2 is 1.94 bits per heavy atom. The molecule has 5 rings (SSSR count). The molecule has 0 bridgehead atoms. The first kappa shape index (κ1) is 23.7. The van der Waals surface area contributed by atoms with Crippen molar-refractivity contribution in [2.75, 3.05) is 35.6 Å². The number of amides is 1. The fraction of sp³-hybridized carbons (Fsp3) is 0.250. The number of halogens is 1. The van der Waals surface area contributed by atoms with Gasteiger partial charge in [-0.3, -0.25) is 14.5 Å². The first-order valence-electron chi connectivity index (χ1n) is 11.2. The molecule has 10 nitrogen and oxygen atoms in total. The van der Waals surface area contributed by atoms with E-state index in [-0.39, 0.29) is 23.7 Å². The summed E-state index contributed by atoms with van der Waals surface area (Å²) in [7, 11) is 0.480. The lowest BCUT2D eigenvalue weighted by Gasteiger charge is -2.15. The molecule has 1 amide bonds. The second-order valence-electron chi connectivity index (χ2n) is 8.73. The summed E-state index contributed by atoms with van der Waals surface area (Å²) in [5.41, 5.74) is 9.16. The van der Waals surface area contributed by atoms with E-state index in [1.54, 1.807) is 48.1 Å². The molecule has 12 heteroatoms. The highest BCUT2D eigenvalue weighted by Gasteiger charge is 2.20. The zero-order chi connectivity index (χ0) is 25.6. The molecule has 0 fully saturated rings. The Bertz CT molecular complexity index is 1540. The van der Waals surface area contributed by atoms with Gasteiger partial charge in [-0.2, -0.15) is 5.10 Å². The number of benzene rings is 1. The molecule has 186 valence electrons. The first-order chi connectivity index (χ1) is 17.2. The highest BCUT2D eigenvalue weighted by atomic mass is 32.2. The van der Waals surface area contributed by atoms with Crippen molar-refractivity contribution in [3.63, 3.8) is 0 Å². The second-order valence-corrected chi connectivity index (χ2v) is 9.84. The number of pyridine rings is 2. The van der Waals surface area contributed by atoms with Crippen LogP contribution < -0.4 is 15.8 Å². The van der Waals surface area contributed by atoms with Gasteiger partial charge in [-0.05, 0) is 30.0 Å². The van der Waals surface area contributed by atoms with Gasteiger partial charge in [0.2, 0.25) is 5.91 Å². The van der Waals surface area contributed by atoms with Crippen LogP contribution in [0.4, 0.5) is 27.4 Å². The quantitative estimate of drug-likeness (QED) is 0.353. The molecule has 1 aliphatic heterocycles. The van der Waals surface area contributed by atoms with Gasteiger partial charge in [-0.1, -0.05) is 0 Å². The standard InChI is InChI=1S/C24H25FN8O2S/c1-13-17(9-27-11-19(13)31-36(3)35)16-6-14-7-20(28-10-18(14)24(26)23(16)25)29-21-8-15-4-5-32(2)22(34)12-33(15)30-21/h6-11,31H,4-5,12,26H2,1-3H3,(H,28,29,30). The van der Waals surface area contributed by atoms with Crippen LogP contribution in [-0.2, 0) is 28.7 Å². The minimum absolute atomic E-state index is 0.00601. The molecule has 1 aliphatic rings. The smallest absolute Gasteiger partial charge is 0.244 e. The summed E-state index contributed by atoms with van der Waals surface area (Å²) >= 11 is 0. The zero-order valence-electron chi connectivity index (χ0n) is 20.0. The summed E-state index contributed by atoms with van der Waals surface area (Å²) in [6, 6.07) is 5.36. The van der Waals surface area contributed by atoms with E-state index in [1.165, 1.54) is 12.5 Å². The minimum atomic E-state index is -1.30. The number of nitrogens with zero attached hydrogens (tertiary/aromatic N) is 5. The number of aromatic nitrogens is 4. The number of nitrogen functional groups attached to an aromatic ring is 1. The molecule has 4 aromatic rings. The third-order valence-electron chi connectivity index (χ3n) is 6.29. The molecule has 4 N–H and O–H groups in total. The lowest BCUT2D eigenvalue weighted by molar-refractivity contribution is -0.130. The third kappa shape index (κ3) is 4.35. The molecule has 1 unspecified atom stereocenters. The molecule has 0 saturated heterocycles. The van der Waals surface area contributed by atoms with Gasteiger partial charge in [-0.15, -0.1) is 0 Å². The van der Waals surface area contributed by atoms with Gasteiger partial charge in [-0.25, -0.2) is 13.6 Å². The van der Waals surface area contributed by atoms with Gasteiger partial charge in [0, 0.05) is 66.9 Å². The number of carbonyl (C=O) groups excluding carboxylic acids is 1. The summed E-state index contributed by atoms with van der Waals surface area (Å²) in [5, 5.41) is 8.84. The number of hydrogen-bond donors (Lipinski definition) is 3. The van der Waals surface area contributed by atoms with Gasteiger partial charge in [0.15, 0.2) is 11.6 Å². The number of hydrogen-bond acceptors (Lipinski definition) is 7. The Kier molecular flexibility index (Phi) is 6.04. The lowest BCUT2D eigenvalue weighted by atomic mass is 9.97. The van der Waals surface area contributed by atoms with Crippen LogP contribution in [0.15, 0.2) is 36.8 Å². The second kappa shape index (κ2) is 9.19. The molecule has 0 saturated carbocycles. The molecular formula is C24H25FN8O2S. The molecule has 0 radical (unpaired) electrons. The molecular weight excluding hydrogens is 483 g/mol. The van der Waals surface area contributed by atoms with Gasteiger partial charge in [0.05, 0.1) is 17.6 Å². The van der Waals surface area contributed by atoms with Crippen molar-refractivity contribution in [1.82, 2.24) is 24.6 Å². The highest BCUT2D eigenvalue weighted by Crippen LogP contribution is 2.36. The summed E-state index contributed by atoms with van der Waals surface area (Å²) < 4.78 is 31.5. The lowest BCUT2D eigenvalue weighted by Crippen LogP contribution is -2.29. The topological polar surface area (TPSA) is 131 Å². The Morgan fingerprint density at radius 1 is 1.14 bits per heavy atom. The van der Waals surface area contributed by atoms with E-state index in [1.807, 2.05) is 6.07 Å². The maximum absolute atomic E-state index is 15.3. The van der Waals surface area contributed by atoms with Crippen molar-refractivity contribution in [3.8, 4) is 11.1 Å². The van der Waals surface area contributed by atoms with Crippen molar-refractivity contribution >= 4 is 50.7 Å². The van der Waals surface area contributed by atoms with E-state index in [0.29, 0.717) is 52.2 Å². The Hall–Kier alpha value is -4.06. The molecule has 0 aliphatic carbocycles. The molecule has 1 aromatic carbocycles. The van der Waals surface area contributed by atoms with E-state index in [0.717, 1.165) is 5.69 Å². The largest absolute Gasteiger partial charge is 0.396 e. The van der Waals surface area contributed by atoms with Crippen LogP contribution in [0.5, 0.6) is 0 Å². The maximum atomic E-state index is 15.3. The number of carbonyl (C=O) groups is 1. The minimum Gasteiger partial charge on any atom is -0.396 e. The maximum Gasteiger partial charge on any atom is 0.244 e. The Labute approximate surface area is 209 Å². The summed E-state index contributed by atoms with van der Waals surface area (Å²) in [6.45, 7) is 2.62. The summed E-state index contributed by atoms with van der Waals surface area (Å²) in [4.78, 5) is 22.4. The van der Waals surface area contributed by atoms with Crippen molar-refractivity contribution in [3.05, 3.63) is 53.9 Å². The van der Waals surface area contributed by atoms with Crippen LogP contribution in [0.3, 0.4) is 0 Å². The average molecular weight is 509 g/mol. The van der Waals surface area contributed by atoms with Crippen molar-refractivity contribution < 1.29 is 13.4 Å². The van der Waals surface area contributed by atoms with E-state index in [9.17, 15) is 9.00 Å². The first-order valence-corrected chi connectivity index (χ1v) is 12.8. The van der Waals surface area contributed by atoms with Crippen LogP contribution >= 0.6 is 0 Å². The molecule has 3 aromatic heterocycles. The number of nitrogens with one attached hydrogen (secondary N) is 2. The van der Waals surface area contributed by atoms with Crippen molar-refractivity contribution in [1.29, 1.82) is 0 Å². The fourth-order valence-corrected chi connectivity index (χ4v) is 4.77. The Balaban J connectivity index is 1.51. The van der Waals surface area contributed by atoms with Crippen LogP contribution in [0, 0.1) is 12.7 Å². The molecule has 36 heavy (non-hydrogen) atoms. The van der Waals surface area contributed by atoms with E-state index < -0.39 is 16.8 Å². The monoisotopic (exact) mass is 508 g/mol. The normalized spacial score (nSPS) is 14.4. The number of fused-ring (bicyclic) bond motifs is 2. The van der Waals surface area contributed by atoms with Gasteiger partial charge in [0.25, 0.3) is 0 Å². The number of nitrogens with two attached hydrogens (primary N) is 1. The molecule has 1 atom stereocenters. The number of rotatable bonds is 5. The third-order valence-corrected chi connectivity index (χ3v) is 6.80. The number of likely N-dealkylation sites (N-methyl/N-ethyl adjacent to an activating group) is 1. The molecule has 4 heterocycles. The van der Waals surface area contributed by atoms with Gasteiger partial charge >= 0.3 is 0 Å². The number of anilines is 4. The van der Waals surface area contributed by atoms with Crippen LogP contribution in [-0.4, -0.2) is 54.6 Å². The zero-order valence-corrected chi connectivity index (χ0v) is 20.8. The summed E-state index contributed by atoms with van der Waals surface area (Å²) in [6.07, 6.45) is 6.83.